The number of hydrogen-bond donors (Lipinski definition) is 0. The third-order valence-electron chi connectivity index (χ3n) is 12.2. The summed E-state index contributed by atoms with van der Waals surface area (Å²) < 4.78 is 2.38. The first-order valence-corrected chi connectivity index (χ1v) is 23.7. The van der Waals surface area contributed by atoms with Crippen LogP contribution in [0.15, 0.2) is 243 Å². The SMILES string of the molecule is c1ccc(-c2ccc(N(c3ccc(-c4ccc(N(c5ccc(-c6nc7ccccc7s6)cc5)c5ccc(-c6nc7ccccc7s6)cc5)cc4)cc3)c3cccc4ccccc34)cc2)cc1. The third kappa shape index (κ3) is 7.58. The molecule has 0 saturated carbocycles. The van der Waals surface area contributed by atoms with Gasteiger partial charge in [0.05, 0.1) is 26.1 Å². The number of thiazole rings is 2. The van der Waals surface area contributed by atoms with Crippen LogP contribution in [0.2, 0.25) is 0 Å². The molecule has 0 fully saturated rings. The fourth-order valence-electron chi connectivity index (χ4n) is 8.81. The van der Waals surface area contributed by atoms with Crippen LogP contribution in [-0.2, 0) is 0 Å². The fraction of sp³-hybridized carbons (Fsp3) is 0. The highest BCUT2D eigenvalue weighted by Crippen LogP contribution is 2.42. The molecule has 2 aromatic heterocycles. The molecule has 4 nitrogen and oxygen atoms in total. The van der Waals surface area contributed by atoms with Gasteiger partial charge in [-0.1, -0.05) is 127 Å². The van der Waals surface area contributed by atoms with Crippen molar-refractivity contribution >= 4 is 88.0 Å². The standard InChI is InChI=1S/C60H40N4S2/c1-2-11-41(12-3-1)42-23-33-51(34-24-42)64(56-18-10-14-45-13-4-5-15-53(45)56)52-35-25-44(26-36-52)43-21-31-48(32-22-43)63(49-37-27-46(28-38-49)59-61-54-16-6-8-19-57(54)65-59)50-39-29-47(30-40-50)60-62-55-17-7-9-20-58(55)66-60/h1-40H. The molecule has 0 saturated heterocycles. The van der Waals surface area contributed by atoms with Gasteiger partial charge in [0, 0.05) is 45.0 Å². The normalized spacial score (nSPS) is 11.3. The maximum atomic E-state index is 4.93. The lowest BCUT2D eigenvalue weighted by molar-refractivity contribution is 1.28. The van der Waals surface area contributed by atoms with E-state index in [0.717, 1.165) is 77.4 Å². The van der Waals surface area contributed by atoms with Crippen LogP contribution in [0.3, 0.4) is 0 Å². The van der Waals surface area contributed by atoms with Gasteiger partial charge in [-0.2, -0.15) is 0 Å². The number of benzene rings is 10. The van der Waals surface area contributed by atoms with E-state index < -0.39 is 0 Å². The molecule has 66 heavy (non-hydrogen) atoms. The lowest BCUT2D eigenvalue weighted by Crippen LogP contribution is -2.10. The maximum absolute atomic E-state index is 4.93. The second-order valence-electron chi connectivity index (χ2n) is 16.2. The second kappa shape index (κ2) is 17.1. The Labute approximate surface area is 391 Å². The summed E-state index contributed by atoms with van der Waals surface area (Å²) in [5, 5.41) is 4.45. The van der Waals surface area contributed by atoms with Crippen LogP contribution in [-0.4, -0.2) is 9.97 Å². The van der Waals surface area contributed by atoms with Crippen LogP contribution in [0.1, 0.15) is 0 Å². The smallest absolute Gasteiger partial charge is 0.124 e. The van der Waals surface area contributed by atoms with E-state index in [1.807, 2.05) is 12.1 Å². The molecule has 0 bridgehead atoms. The zero-order chi connectivity index (χ0) is 43.8. The first-order valence-electron chi connectivity index (χ1n) is 22.0. The molecule has 0 aliphatic rings. The Hall–Kier alpha value is -8.16. The Morgan fingerprint density at radius 2 is 0.636 bits per heavy atom. The van der Waals surface area contributed by atoms with Gasteiger partial charge < -0.3 is 9.80 Å². The molecule has 0 radical (unpaired) electrons. The van der Waals surface area contributed by atoms with Crippen molar-refractivity contribution in [3.63, 3.8) is 0 Å². The Bertz CT molecular complexity index is 3430. The summed E-state index contributed by atoms with van der Waals surface area (Å²) in [6, 6.07) is 86.7. The second-order valence-corrected chi connectivity index (χ2v) is 18.3. The molecule has 0 amide bonds. The summed E-state index contributed by atoms with van der Waals surface area (Å²) >= 11 is 3.45. The van der Waals surface area contributed by atoms with Gasteiger partial charge in [-0.05, 0) is 143 Å². The molecule has 0 spiro atoms. The predicted octanol–water partition coefficient (Wildman–Crippen LogP) is 17.7. The zero-order valence-corrected chi connectivity index (χ0v) is 37.3. The third-order valence-corrected chi connectivity index (χ3v) is 14.3. The molecular weight excluding hydrogens is 841 g/mol. The molecule has 312 valence electrons. The van der Waals surface area contributed by atoms with Crippen molar-refractivity contribution in [1.29, 1.82) is 0 Å². The van der Waals surface area contributed by atoms with E-state index in [4.69, 9.17) is 9.97 Å². The van der Waals surface area contributed by atoms with Crippen LogP contribution in [0, 0.1) is 0 Å². The molecule has 0 aliphatic carbocycles. The Morgan fingerprint density at radius 3 is 1.11 bits per heavy atom. The first kappa shape index (κ1) is 39.4. The first-order chi connectivity index (χ1) is 32.7. The minimum absolute atomic E-state index is 1.02. The van der Waals surface area contributed by atoms with Crippen molar-refractivity contribution < 1.29 is 0 Å². The van der Waals surface area contributed by atoms with E-state index in [9.17, 15) is 0 Å². The quantitative estimate of drug-likeness (QED) is 0.137. The number of fused-ring (bicyclic) bond motifs is 3. The van der Waals surface area contributed by atoms with Crippen LogP contribution in [0.5, 0.6) is 0 Å². The number of hydrogen-bond acceptors (Lipinski definition) is 6. The van der Waals surface area contributed by atoms with Gasteiger partial charge in [0.25, 0.3) is 0 Å². The summed E-state index contributed by atoms with van der Waals surface area (Å²) in [6.45, 7) is 0. The van der Waals surface area contributed by atoms with E-state index in [-0.39, 0.29) is 0 Å². The molecular formula is C60H40N4S2. The van der Waals surface area contributed by atoms with E-state index in [0.29, 0.717) is 0 Å². The summed E-state index contributed by atoms with van der Waals surface area (Å²) in [4.78, 5) is 14.6. The number of rotatable bonds is 10. The van der Waals surface area contributed by atoms with E-state index in [1.165, 1.54) is 31.3 Å². The number of para-hydroxylation sites is 2. The molecule has 12 aromatic rings. The van der Waals surface area contributed by atoms with Crippen molar-refractivity contribution in [2.45, 2.75) is 0 Å². The number of aromatic nitrogens is 2. The van der Waals surface area contributed by atoms with Crippen molar-refractivity contribution in [2.24, 2.45) is 0 Å². The summed E-state index contributed by atoms with van der Waals surface area (Å²) in [6.07, 6.45) is 0. The maximum Gasteiger partial charge on any atom is 0.124 e. The molecule has 6 heteroatoms. The Balaban J connectivity index is 0.876. The summed E-state index contributed by atoms with van der Waals surface area (Å²) in [5.74, 6) is 0. The van der Waals surface area contributed by atoms with Crippen LogP contribution in [0.4, 0.5) is 34.1 Å². The molecule has 0 atom stereocenters. The lowest BCUT2D eigenvalue weighted by atomic mass is 10.0. The van der Waals surface area contributed by atoms with Gasteiger partial charge in [0.1, 0.15) is 10.0 Å². The number of anilines is 6. The Kier molecular flexibility index (Phi) is 10.2. The molecule has 12 rings (SSSR count). The molecule has 0 N–H and O–H groups in total. The van der Waals surface area contributed by atoms with Crippen molar-refractivity contribution in [2.75, 3.05) is 9.80 Å². The number of nitrogens with zero attached hydrogens (tertiary/aromatic N) is 4. The van der Waals surface area contributed by atoms with E-state index in [2.05, 4.69) is 240 Å². The highest BCUT2D eigenvalue weighted by atomic mass is 32.1. The zero-order valence-electron chi connectivity index (χ0n) is 35.7. The average molecular weight is 881 g/mol. The molecule has 2 heterocycles. The van der Waals surface area contributed by atoms with Crippen molar-refractivity contribution in [3.05, 3.63) is 243 Å². The van der Waals surface area contributed by atoms with Crippen molar-refractivity contribution in [3.8, 4) is 43.4 Å². The fourth-order valence-corrected chi connectivity index (χ4v) is 10.8. The van der Waals surface area contributed by atoms with Crippen LogP contribution in [0.25, 0.3) is 74.6 Å². The minimum Gasteiger partial charge on any atom is -0.311 e. The predicted molar refractivity (Wildman–Crippen MR) is 281 cm³/mol. The van der Waals surface area contributed by atoms with Gasteiger partial charge in [-0.15, -0.1) is 22.7 Å². The van der Waals surface area contributed by atoms with Crippen LogP contribution < -0.4 is 9.80 Å². The summed E-state index contributed by atoms with van der Waals surface area (Å²) in [7, 11) is 0. The lowest BCUT2D eigenvalue weighted by Gasteiger charge is -2.27. The average Bonchev–Trinajstić information content (AvgIpc) is 4.04. The van der Waals surface area contributed by atoms with Gasteiger partial charge in [-0.3, -0.25) is 0 Å². The van der Waals surface area contributed by atoms with E-state index >= 15 is 0 Å². The van der Waals surface area contributed by atoms with E-state index in [1.54, 1.807) is 22.7 Å². The summed E-state index contributed by atoms with van der Waals surface area (Å²) in [5.41, 5.74) is 15.5. The Morgan fingerprint density at radius 1 is 0.273 bits per heavy atom. The van der Waals surface area contributed by atoms with Crippen molar-refractivity contribution in [1.82, 2.24) is 9.97 Å². The largest absolute Gasteiger partial charge is 0.311 e. The van der Waals surface area contributed by atoms with Crippen LogP contribution >= 0.6 is 22.7 Å². The molecule has 0 aliphatic heterocycles. The van der Waals surface area contributed by atoms with Gasteiger partial charge in [0.2, 0.25) is 0 Å². The monoisotopic (exact) mass is 880 g/mol. The van der Waals surface area contributed by atoms with Gasteiger partial charge in [0.15, 0.2) is 0 Å². The highest BCUT2D eigenvalue weighted by molar-refractivity contribution is 7.22. The minimum atomic E-state index is 1.02. The highest BCUT2D eigenvalue weighted by Gasteiger charge is 2.18. The molecule has 10 aromatic carbocycles. The topological polar surface area (TPSA) is 32.3 Å². The molecule has 0 unspecified atom stereocenters. The van der Waals surface area contributed by atoms with Gasteiger partial charge >= 0.3 is 0 Å². The van der Waals surface area contributed by atoms with Gasteiger partial charge in [-0.25, -0.2) is 9.97 Å².